The van der Waals surface area contributed by atoms with E-state index in [0.717, 1.165) is 5.57 Å². The Balaban J connectivity index is 1.02. The number of aliphatic hydroxyl groups is 14. The van der Waals surface area contributed by atoms with Gasteiger partial charge >= 0.3 is 11.9 Å². The van der Waals surface area contributed by atoms with Gasteiger partial charge < -0.3 is 119 Å². The maximum absolute atomic E-state index is 13.2. The fourth-order valence-electron chi connectivity index (χ4n) is 17.3. The number of hydrogen-bond acceptors (Lipinski definition) is 25. The van der Waals surface area contributed by atoms with Crippen molar-refractivity contribution in [3.63, 3.8) is 0 Å². The van der Waals surface area contributed by atoms with Crippen molar-refractivity contribution < 1.29 is 129 Å². The second-order valence-corrected chi connectivity index (χ2v) is 27.9. The molecule has 0 bridgehead atoms. The lowest BCUT2D eigenvalue weighted by Crippen LogP contribution is -2.72. The van der Waals surface area contributed by atoms with Gasteiger partial charge in [-0.25, -0.2) is 9.59 Å². The number of hydrogen-bond donors (Lipinski definition) is 15. The number of aliphatic hydroxyl groups excluding tert-OH is 14. The van der Waals surface area contributed by atoms with Crippen molar-refractivity contribution >= 4 is 11.9 Å². The first-order valence-corrected chi connectivity index (χ1v) is 30.0. The van der Waals surface area contributed by atoms with E-state index in [1.54, 1.807) is 19.9 Å². The van der Waals surface area contributed by atoms with E-state index in [2.05, 4.69) is 26.8 Å². The Labute approximate surface area is 494 Å². The van der Waals surface area contributed by atoms with Gasteiger partial charge in [-0.1, -0.05) is 66.2 Å². The summed E-state index contributed by atoms with van der Waals surface area (Å²) < 4.78 is 54.6. The first-order chi connectivity index (χ1) is 39.7. The lowest BCUT2D eigenvalue weighted by molar-refractivity contribution is -0.402. The smallest absolute Gasteiger partial charge is 0.335 e. The molecule has 9 rings (SSSR count). The van der Waals surface area contributed by atoms with Crippen LogP contribution in [0.1, 0.15) is 114 Å². The van der Waals surface area contributed by atoms with Crippen LogP contribution in [0.15, 0.2) is 23.3 Å². The number of ether oxygens (including phenoxy) is 9. The standard InChI is InChI=1S/C59H94O26/c1-11-23(2)49(76)85-47-46(73)59(22-62)26(18-54(47,4)5)25-12-13-30-56(8)16-15-32(55(6,7)29(56)14-17-57(30,9)58(25,10)19-31(59)63)80-53-45(84-51-39(70)37(68)34(65)27(20-60)78-51)43(40(71)44(83-53)48(74)75)82-52-41(72)42(35(66)28(21-61)79-52)81-50-38(69)36(67)33(64)24(3)77-50/h11-12,24,26-47,50-53,60-73H,13-22H2,1-10H3,(H,74,75). The van der Waals surface area contributed by atoms with Crippen LogP contribution in [0.25, 0.3) is 0 Å². The SMILES string of the molecule is CC=C(C)C(=O)OC1C(O)C2(CO)C(O)CC3(C)C(=CCC4C5(C)CCC(OC6OC(C(=O)O)C(O)C(OC7OC(CO)C(O)C(OC8OC(C)C(O)C(O)C8O)C7O)C6OC6OC(CO)C(O)C(O)C6O)C(C)(C)C5CCC43C)C2CC1(C)C. The van der Waals surface area contributed by atoms with Crippen molar-refractivity contribution in [2.75, 3.05) is 19.8 Å². The molecule has 85 heavy (non-hydrogen) atoms. The summed E-state index contributed by atoms with van der Waals surface area (Å²) in [4.78, 5) is 26.4. The van der Waals surface area contributed by atoms with Gasteiger partial charge in [-0.3, -0.25) is 0 Å². The summed E-state index contributed by atoms with van der Waals surface area (Å²) in [6.45, 7) is 17.0. The molecule has 8 fully saturated rings. The Morgan fingerprint density at radius 1 is 0.635 bits per heavy atom. The van der Waals surface area contributed by atoms with Gasteiger partial charge in [0.2, 0.25) is 0 Å². The van der Waals surface area contributed by atoms with E-state index in [4.69, 9.17) is 42.6 Å². The van der Waals surface area contributed by atoms with Crippen molar-refractivity contribution in [1.29, 1.82) is 0 Å². The number of carboxylic acid groups (broad SMARTS) is 1. The van der Waals surface area contributed by atoms with E-state index < -0.39 is 217 Å². The number of allylic oxidation sites excluding steroid dienone is 3. The first kappa shape index (κ1) is 66.9. The van der Waals surface area contributed by atoms with Crippen LogP contribution in [0, 0.1) is 50.2 Å². The number of carbonyl (C=O) groups is 2. The molecule has 0 aromatic rings. The monoisotopic (exact) mass is 1220 g/mol. The van der Waals surface area contributed by atoms with Gasteiger partial charge in [-0.15, -0.1) is 0 Å². The summed E-state index contributed by atoms with van der Waals surface area (Å²) >= 11 is 0. The summed E-state index contributed by atoms with van der Waals surface area (Å²) in [5.41, 5.74) is -3.08. The van der Waals surface area contributed by atoms with Crippen LogP contribution in [0.3, 0.4) is 0 Å². The topological polar surface area (TPSA) is 421 Å². The molecule has 26 heteroatoms. The minimum absolute atomic E-state index is 0.00194. The van der Waals surface area contributed by atoms with Crippen LogP contribution in [-0.2, 0) is 52.2 Å². The first-order valence-electron chi connectivity index (χ1n) is 30.0. The molecule has 0 amide bonds. The van der Waals surface area contributed by atoms with Crippen LogP contribution in [-0.4, -0.2) is 256 Å². The number of rotatable bonds is 14. The molecule has 9 aliphatic rings. The quantitative estimate of drug-likeness (QED) is 0.0387. The Hall–Kier alpha value is -2.46. The summed E-state index contributed by atoms with van der Waals surface area (Å²) in [7, 11) is 0. The van der Waals surface area contributed by atoms with Crippen LogP contribution in [0.5, 0.6) is 0 Å². The highest BCUT2D eigenvalue weighted by atomic mass is 16.8. The lowest BCUT2D eigenvalue weighted by Gasteiger charge is -2.72. The second kappa shape index (κ2) is 24.3. The number of fused-ring (bicyclic) bond motifs is 7. The molecule has 26 nitrogen and oxygen atoms in total. The highest BCUT2D eigenvalue weighted by Gasteiger charge is 2.73. The van der Waals surface area contributed by atoms with Crippen LogP contribution in [0.4, 0.5) is 0 Å². The molecular formula is C59H94O26. The largest absolute Gasteiger partial charge is 0.479 e. The van der Waals surface area contributed by atoms with Gasteiger partial charge in [0, 0.05) is 11.0 Å². The summed E-state index contributed by atoms with van der Waals surface area (Å²) in [6.07, 6.45) is -34.7. The fourth-order valence-corrected chi connectivity index (χ4v) is 17.3. The fraction of sp³-hybridized carbons (Fsp3) is 0.898. The molecule has 0 radical (unpaired) electrons. The van der Waals surface area contributed by atoms with Crippen LogP contribution < -0.4 is 0 Å². The van der Waals surface area contributed by atoms with Gasteiger partial charge in [0.1, 0.15) is 97.7 Å². The molecule has 4 aliphatic heterocycles. The summed E-state index contributed by atoms with van der Waals surface area (Å²) in [6, 6.07) is 0. The van der Waals surface area contributed by atoms with E-state index in [9.17, 15) is 86.2 Å². The van der Waals surface area contributed by atoms with E-state index in [-0.39, 0.29) is 18.3 Å². The van der Waals surface area contributed by atoms with E-state index in [0.29, 0.717) is 44.1 Å². The molecule has 15 N–H and O–H groups in total. The molecule has 31 atom stereocenters. The number of carbonyl (C=O) groups excluding carboxylic acids is 1. The second-order valence-electron chi connectivity index (χ2n) is 27.9. The average molecular weight is 1220 g/mol. The molecule has 4 saturated carbocycles. The third kappa shape index (κ3) is 10.8. The Kier molecular flexibility index (Phi) is 19.1. The molecule has 0 aromatic heterocycles. The van der Waals surface area contributed by atoms with Crippen molar-refractivity contribution in [1.82, 2.24) is 0 Å². The predicted octanol–water partition coefficient (Wildman–Crippen LogP) is -2.01. The molecule has 4 saturated heterocycles. The average Bonchev–Trinajstić information content (AvgIpc) is 0.712. The molecule has 0 spiro atoms. The Morgan fingerprint density at radius 2 is 1.21 bits per heavy atom. The van der Waals surface area contributed by atoms with Crippen LogP contribution >= 0.6 is 0 Å². The van der Waals surface area contributed by atoms with Crippen molar-refractivity contribution in [3.8, 4) is 0 Å². The number of esters is 1. The van der Waals surface area contributed by atoms with Crippen molar-refractivity contribution in [2.24, 2.45) is 50.2 Å². The zero-order chi connectivity index (χ0) is 62.7. The summed E-state index contributed by atoms with van der Waals surface area (Å²) in [5, 5.41) is 167. The predicted molar refractivity (Wildman–Crippen MR) is 289 cm³/mol. The van der Waals surface area contributed by atoms with E-state index in [1.807, 2.05) is 27.7 Å². The number of aliphatic carboxylic acids is 1. The van der Waals surface area contributed by atoms with Gasteiger partial charge in [0.15, 0.2) is 31.3 Å². The van der Waals surface area contributed by atoms with Gasteiger partial charge in [-0.2, -0.15) is 0 Å². The minimum atomic E-state index is -2.26. The van der Waals surface area contributed by atoms with Crippen molar-refractivity contribution in [2.45, 2.75) is 261 Å². The molecule has 486 valence electrons. The molecular weight excluding hydrogens is 1120 g/mol. The van der Waals surface area contributed by atoms with E-state index in [1.165, 1.54) is 6.92 Å². The van der Waals surface area contributed by atoms with E-state index >= 15 is 0 Å². The Bertz CT molecular complexity index is 2460. The third-order valence-corrected chi connectivity index (χ3v) is 22.7. The zero-order valence-corrected chi connectivity index (χ0v) is 50.0. The van der Waals surface area contributed by atoms with Gasteiger partial charge in [0.25, 0.3) is 0 Å². The molecule has 0 aromatic carbocycles. The highest BCUT2D eigenvalue weighted by molar-refractivity contribution is 5.87. The van der Waals surface area contributed by atoms with Crippen LogP contribution in [0.2, 0.25) is 0 Å². The summed E-state index contributed by atoms with van der Waals surface area (Å²) in [5.74, 6) is -2.89. The van der Waals surface area contributed by atoms with Gasteiger partial charge in [-0.05, 0) is 105 Å². The third-order valence-electron chi connectivity index (χ3n) is 22.7. The molecule has 5 aliphatic carbocycles. The maximum Gasteiger partial charge on any atom is 0.335 e. The lowest BCUT2D eigenvalue weighted by atomic mass is 9.33. The normalized spacial score (nSPS) is 52.4. The number of carboxylic acids is 1. The van der Waals surface area contributed by atoms with Crippen molar-refractivity contribution in [3.05, 3.63) is 23.3 Å². The maximum atomic E-state index is 13.2. The highest BCUT2D eigenvalue weighted by Crippen LogP contribution is 2.76. The minimum Gasteiger partial charge on any atom is -0.479 e. The zero-order valence-electron chi connectivity index (χ0n) is 50.0. The molecule has 4 heterocycles. The Morgan fingerprint density at radius 3 is 1.81 bits per heavy atom. The van der Waals surface area contributed by atoms with Gasteiger partial charge in [0.05, 0.1) is 43.5 Å². The molecule has 31 unspecified atom stereocenters.